The normalized spacial score (nSPS) is 11.6. The van der Waals surface area contributed by atoms with Gasteiger partial charge in [0.1, 0.15) is 5.69 Å². The molecule has 2 N–H and O–H groups in total. The van der Waals surface area contributed by atoms with Crippen molar-refractivity contribution in [2.24, 2.45) is 5.73 Å². The van der Waals surface area contributed by atoms with Crippen molar-refractivity contribution in [3.63, 3.8) is 0 Å². The zero-order valence-corrected chi connectivity index (χ0v) is 11.2. The molecule has 1 aromatic carbocycles. The van der Waals surface area contributed by atoms with Crippen LogP contribution >= 0.6 is 0 Å². The highest BCUT2D eigenvalue weighted by Gasteiger charge is 2.18. The highest BCUT2D eigenvalue weighted by Crippen LogP contribution is 2.18. The van der Waals surface area contributed by atoms with Crippen LogP contribution in [-0.4, -0.2) is 22.1 Å². The van der Waals surface area contributed by atoms with Crippen LogP contribution in [0, 0.1) is 5.82 Å². The largest absolute Gasteiger partial charge is 0.494 e. The van der Waals surface area contributed by atoms with Crippen molar-refractivity contribution in [3.05, 3.63) is 41.5 Å². The number of hydrogen-bond acceptors (Lipinski definition) is 4. The molecule has 0 unspecified atom stereocenters. The highest BCUT2D eigenvalue weighted by molar-refractivity contribution is 5.29. The molecular formula is C13H17FN4O. The maximum atomic E-state index is 13.6. The minimum atomic E-state index is -0.538. The van der Waals surface area contributed by atoms with E-state index in [2.05, 4.69) is 10.3 Å². The number of methoxy groups -OCH3 is 1. The first-order valence-electron chi connectivity index (χ1n) is 5.92. The van der Waals surface area contributed by atoms with Crippen LogP contribution in [0.5, 0.6) is 5.75 Å². The van der Waals surface area contributed by atoms with Gasteiger partial charge in [-0.05, 0) is 31.5 Å². The van der Waals surface area contributed by atoms with Crippen LogP contribution in [0.1, 0.15) is 25.1 Å². The van der Waals surface area contributed by atoms with E-state index >= 15 is 0 Å². The average Bonchev–Trinajstić information content (AvgIpc) is 2.77. The summed E-state index contributed by atoms with van der Waals surface area (Å²) in [6, 6.07) is 4.81. The Kier molecular flexibility index (Phi) is 3.53. The first-order chi connectivity index (χ1) is 8.90. The predicted octanol–water partition coefficient (Wildman–Crippen LogP) is 1.67. The minimum Gasteiger partial charge on any atom is -0.494 e. The lowest BCUT2D eigenvalue weighted by Gasteiger charge is -2.13. The van der Waals surface area contributed by atoms with Crippen molar-refractivity contribution in [3.8, 4) is 5.75 Å². The second-order valence-electron chi connectivity index (χ2n) is 4.99. The third-order valence-electron chi connectivity index (χ3n) is 2.76. The Hall–Kier alpha value is -1.95. The third kappa shape index (κ3) is 3.08. The molecule has 0 aliphatic carbocycles. The van der Waals surface area contributed by atoms with E-state index in [-0.39, 0.29) is 11.6 Å². The van der Waals surface area contributed by atoms with Gasteiger partial charge < -0.3 is 10.5 Å². The fourth-order valence-electron chi connectivity index (χ4n) is 1.67. The summed E-state index contributed by atoms with van der Waals surface area (Å²) in [6.45, 7) is 4.15. The van der Waals surface area contributed by atoms with E-state index in [1.54, 1.807) is 23.0 Å². The molecular weight excluding hydrogens is 247 g/mol. The Labute approximate surface area is 111 Å². The molecule has 0 saturated heterocycles. The average molecular weight is 264 g/mol. The van der Waals surface area contributed by atoms with E-state index in [1.165, 1.54) is 13.2 Å². The van der Waals surface area contributed by atoms with Gasteiger partial charge in [-0.15, -0.1) is 5.10 Å². The monoisotopic (exact) mass is 264 g/mol. The Morgan fingerprint density at radius 3 is 2.68 bits per heavy atom. The molecule has 5 nitrogen and oxygen atoms in total. The Balaban J connectivity index is 2.17. The number of nitrogens with two attached hydrogens (primary N) is 1. The fraction of sp³-hybridized carbons (Fsp3) is 0.385. The number of halogens is 1. The molecule has 0 aliphatic heterocycles. The molecule has 0 radical (unpaired) electrons. The molecule has 1 aromatic heterocycles. The molecule has 2 rings (SSSR count). The quantitative estimate of drug-likeness (QED) is 0.912. The van der Waals surface area contributed by atoms with Gasteiger partial charge in [-0.3, -0.25) is 0 Å². The van der Waals surface area contributed by atoms with Gasteiger partial charge in [0.15, 0.2) is 11.6 Å². The van der Waals surface area contributed by atoms with Gasteiger partial charge >= 0.3 is 0 Å². The topological polar surface area (TPSA) is 66.0 Å². The summed E-state index contributed by atoms with van der Waals surface area (Å²) >= 11 is 0. The van der Waals surface area contributed by atoms with E-state index in [0.717, 1.165) is 5.56 Å². The number of nitrogens with zero attached hydrogens (tertiary/aromatic N) is 3. The van der Waals surface area contributed by atoms with E-state index in [9.17, 15) is 4.39 Å². The fourth-order valence-corrected chi connectivity index (χ4v) is 1.67. The lowest BCUT2D eigenvalue weighted by Crippen LogP contribution is -2.29. The van der Waals surface area contributed by atoms with Gasteiger partial charge in [-0.25, -0.2) is 9.07 Å². The SMILES string of the molecule is COc1ccc(Cn2cc(C(C)(C)N)nn2)cc1F. The molecule has 1 heterocycles. The van der Waals surface area contributed by atoms with Crippen molar-refractivity contribution < 1.29 is 9.13 Å². The summed E-state index contributed by atoms with van der Waals surface area (Å²) in [6.07, 6.45) is 1.77. The maximum Gasteiger partial charge on any atom is 0.165 e. The lowest BCUT2D eigenvalue weighted by atomic mass is 10.0. The molecule has 0 atom stereocenters. The van der Waals surface area contributed by atoms with Gasteiger partial charge in [0.25, 0.3) is 0 Å². The number of rotatable bonds is 4. The number of benzene rings is 1. The second-order valence-corrected chi connectivity index (χ2v) is 4.99. The predicted molar refractivity (Wildman–Crippen MR) is 69.3 cm³/mol. The summed E-state index contributed by atoms with van der Waals surface area (Å²) in [5.41, 5.74) is 6.87. The van der Waals surface area contributed by atoms with Crippen LogP contribution in [0.15, 0.2) is 24.4 Å². The molecule has 0 aliphatic rings. The van der Waals surface area contributed by atoms with Crippen LogP contribution in [0.2, 0.25) is 0 Å². The molecule has 0 saturated carbocycles. The zero-order chi connectivity index (χ0) is 14.0. The maximum absolute atomic E-state index is 13.6. The van der Waals surface area contributed by atoms with Gasteiger partial charge in [-0.1, -0.05) is 11.3 Å². The van der Waals surface area contributed by atoms with E-state index in [0.29, 0.717) is 12.2 Å². The van der Waals surface area contributed by atoms with E-state index in [4.69, 9.17) is 10.5 Å². The first kappa shape index (κ1) is 13.5. The lowest BCUT2D eigenvalue weighted by molar-refractivity contribution is 0.386. The molecule has 2 aromatic rings. The second kappa shape index (κ2) is 4.97. The molecule has 6 heteroatoms. The number of hydrogen-bond donors (Lipinski definition) is 1. The number of ether oxygens (including phenoxy) is 1. The smallest absolute Gasteiger partial charge is 0.165 e. The molecule has 19 heavy (non-hydrogen) atoms. The van der Waals surface area contributed by atoms with Crippen molar-refractivity contribution in [2.45, 2.75) is 25.9 Å². The van der Waals surface area contributed by atoms with Crippen LogP contribution in [0.3, 0.4) is 0 Å². The van der Waals surface area contributed by atoms with E-state index in [1.807, 2.05) is 13.8 Å². The van der Waals surface area contributed by atoms with Crippen LogP contribution in [0.4, 0.5) is 4.39 Å². The Bertz CT molecular complexity index is 574. The van der Waals surface area contributed by atoms with Crippen molar-refractivity contribution in [1.82, 2.24) is 15.0 Å². The van der Waals surface area contributed by atoms with Crippen molar-refractivity contribution in [2.75, 3.05) is 7.11 Å². The standard InChI is InChI=1S/C13H17FN4O/c1-13(2,15)12-8-18(17-16-12)7-9-4-5-11(19-3)10(14)6-9/h4-6,8H,7,15H2,1-3H3. The van der Waals surface area contributed by atoms with E-state index < -0.39 is 5.54 Å². The summed E-state index contributed by atoms with van der Waals surface area (Å²) in [4.78, 5) is 0. The van der Waals surface area contributed by atoms with Gasteiger partial charge in [0, 0.05) is 0 Å². The first-order valence-corrected chi connectivity index (χ1v) is 5.92. The molecule has 102 valence electrons. The van der Waals surface area contributed by atoms with Gasteiger partial charge in [0.2, 0.25) is 0 Å². The van der Waals surface area contributed by atoms with Crippen molar-refractivity contribution in [1.29, 1.82) is 0 Å². The molecule has 0 amide bonds. The van der Waals surface area contributed by atoms with Gasteiger partial charge in [0.05, 0.1) is 25.4 Å². The summed E-state index contributed by atoms with van der Waals surface area (Å²) < 4.78 is 20.1. The number of aromatic nitrogens is 3. The molecule has 0 bridgehead atoms. The Morgan fingerprint density at radius 1 is 1.42 bits per heavy atom. The van der Waals surface area contributed by atoms with Gasteiger partial charge in [-0.2, -0.15) is 0 Å². The summed E-state index contributed by atoms with van der Waals surface area (Å²) in [5, 5.41) is 7.99. The van der Waals surface area contributed by atoms with Crippen molar-refractivity contribution >= 4 is 0 Å². The molecule has 0 spiro atoms. The van der Waals surface area contributed by atoms with Crippen LogP contribution in [0.25, 0.3) is 0 Å². The zero-order valence-electron chi connectivity index (χ0n) is 11.2. The minimum absolute atomic E-state index is 0.228. The summed E-state index contributed by atoms with van der Waals surface area (Å²) in [7, 11) is 1.44. The van der Waals surface area contributed by atoms with Crippen LogP contribution in [-0.2, 0) is 12.1 Å². The Morgan fingerprint density at radius 2 is 2.16 bits per heavy atom. The highest BCUT2D eigenvalue weighted by atomic mass is 19.1. The van der Waals surface area contributed by atoms with Crippen LogP contribution < -0.4 is 10.5 Å². The summed E-state index contributed by atoms with van der Waals surface area (Å²) in [5.74, 6) is -0.161. The molecule has 0 fully saturated rings. The third-order valence-corrected chi connectivity index (χ3v) is 2.76.